The van der Waals surface area contributed by atoms with Crippen molar-refractivity contribution >= 4 is 5.91 Å². The first-order chi connectivity index (χ1) is 13.1. The van der Waals surface area contributed by atoms with Crippen LogP contribution in [0.3, 0.4) is 0 Å². The third-order valence-electron chi connectivity index (χ3n) is 5.07. The molecule has 1 fully saturated rings. The number of amides is 1. The maximum Gasteiger partial charge on any atom is 0.228 e. The van der Waals surface area contributed by atoms with Crippen LogP contribution >= 0.6 is 0 Å². The van der Waals surface area contributed by atoms with Crippen molar-refractivity contribution in [3.8, 4) is 0 Å². The normalized spacial score (nSPS) is 17.4. The van der Waals surface area contributed by atoms with Gasteiger partial charge in [0.2, 0.25) is 5.91 Å². The summed E-state index contributed by atoms with van der Waals surface area (Å²) in [6.07, 6.45) is 5.78. The first-order valence-corrected chi connectivity index (χ1v) is 9.03. The fourth-order valence-electron chi connectivity index (χ4n) is 3.49. The van der Waals surface area contributed by atoms with E-state index in [1.54, 1.807) is 13.1 Å². The Morgan fingerprint density at radius 1 is 1.33 bits per heavy atom. The highest BCUT2D eigenvalue weighted by molar-refractivity contribution is 5.78. The molecule has 4 heterocycles. The van der Waals surface area contributed by atoms with E-state index in [2.05, 4.69) is 30.2 Å². The molecule has 0 saturated carbocycles. The third kappa shape index (κ3) is 3.60. The van der Waals surface area contributed by atoms with Gasteiger partial charge in [0.25, 0.3) is 0 Å². The van der Waals surface area contributed by atoms with Crippen molar-refractivity contribution < 1.29 is 9.42 Å². The van der Waals surface area contributed by atoms with Crippen LogP contribution in [0.2, 0.25) is 0 Å². The number of piperidine rings is 1. The topological polar surface area (TPSA) is 108 Å². The molecule has 4 rings (SSSR count). The molecule has 1 saturated heterocycles. The minimum Gasteiger partial charge on any atom is -0.342 e. The number of hydrogen-bond acceptors (Lipinski definition) is 7. The largest absolute Gasteiger partial charge is 0.342 e. The molecule has 1 atom stereocenters. The predicted molar refractivity (Wildman–Crippen MR) is 93.6 cm³/mol. The summed E-state index contributed by atoms with van der Waals surface area (Å²) >= 11 is 0. The lowest BCUT2D eigenvalue weighted by atomic mass is 9.96. The summed E-state index contributed by atoms with van der Waals surface area (Å²) in [4.78, 5) is 14.5. The second kappa shape index (κ2) is 7.29. The van der Waals surface area contributed by atoms with E-state index in [0.717, 1.165) is 31.0 Å². The van der Waals surface area contributed by atoms with Gasteiger partial charge in [-0.05, 0) is 25.8 Å². The van der Waals surface area contributed by atoms with Crippen LogP contribution in [0.4, 0.5) is 0 Å². The lowest BCUT2D eigenvalue weighted by Gasteiger charge is -2.32. The second-order valence-electron chi connectivity index (χ2n) is 6.89. The van der Waals surface area contributed by atoms with E-state index in [1.165, 1.54) is 0 Å². The Hall–Kier alpha value is -3.04. The van der Waals surface area contributed by atoms with Gasteiger partial charge in [0, 0.05) is 38.4 Å². The Labute approximate surface area is 156 Å². The molecular formula is C17H22N8O2. The molecule has 0 N–H and O–H groups in total. The van der Waals surface area contributed by atoms with E-state index in [0.29, 0.717) is 24.5 Å². The summed E-state index contributed by atoms with van der Waals surface area (Å²) in [5.41, 5.74) is 1.26. The molecule has 0 aliphatic carbocycles. The first kappa shape index (κ1) is 17.4. The molecule has 0 bridgehead atoms. The molecule has 0 aromatic carbocycles. The zero-order valence-corrected chi connectivity index (χ0v) is 15.4. The van der Waals surface area contributed by atoms with Crippen LogP contribution < -0.4 is 0 Å². The molecule has 142 valence electrons. The summed E-state index contributed by atoms with van der Waals surface area (Å²) in [7, 11) is 1.97. The van der Waals surface area contributed by atoms with Crippen LogP contribution in [0.5, 0.6) is 0 Å². The van der Waals surface area contributed by atoms with E-state index in [4.69, 9.17) is 0 Å². The van der Waals surface area contributed by atoms with Crippen molar-refractivity contribution in [1.29, 1.82) is 0 Å². The van der Waals surface area contributed by atoms with Gasteiger partial charge in [-0.1, -0.05) is 10.3 Å². The number of aryl methyl sites for hydroxylation is 1. The van der Waals surface area contributed by atoms with Crippen molar-refractivity contribution in [3.05, 3.63) is 41.5 Å². The Bertz CT molecular complexity index is 913. The molecule has 10 heteroatoms. The number of aromatic nitrogens is 7. The molecule has 3 aromatic heterocycles. The van der Waals surface area contributed by atoms with Crippen molar-refractivity contribution in [2.45, 2.75) is 38.6 Å². The Morgan fingerprint density at radius 3 is 2.96 bits per heavy atom. The highest BCUT2D eigenvalue weighted by atomic mass is 16.6. The van der Waals surface area contributed by atoms with Crippen molar-refractivity contribution in [2.75, 3.05) is 13.1 Å². The summed E-state index contributed by atoms with van der Waals surface area (Å²) in [6, 6.07) is 1.88. The number of nitrogens with zero attached hydrogens (tertiary/aromatic N) is 8. The number of carbonyl (C=O) groups is 1. The lowest BCUT2D eigenvalue weighted by Crippen LogP contribution is -2.40. The average Bonchev–Trinajstić information content (AvgIpc) is 3.40. The quantitative estimate of drug-likeness (QED) is 0.650. The Morgan fingerprint density at radius 2 is 2.22 bits per heavy atom. The summed E-state index contributed by atoms with van der Waals surface area (Å²) in [6.45, 7) is 3.75. The predicted octanol–water partition coefficient (Wildman–Crippen LogP) is 0.700. The van der Waals surface area contributed by atoms with Gasteiger partial charge in [-0.2, -0.15) is 5.10 Å². The van der Waals surface area contributed by atoms with Crippen molar-refractivity contribution in [2.24, 2.45) is 7.05 Å². The highest BCUT2D eigenvalue weighted by Crippen LogP contribution is 2.26. The number of rotatable bonds is 5. The van der Waals surface area contributed by atoms with Crippen molar-refractivity contribution in [1.82, 2.24) is 39.8 Å². The zero-order valence-electron chi connectivity index (χ0n) is 15.4. The van der Waals surface area contributed by atoms with Crippen LogP contribution in [-0.2, 0) is 24.8 Å². The maximum absolute atomic E-state index is 12.7. The fourth-order valence-corrected chi connectivity index (χ4v) is 3.49. The zero-order chi connectivity index (χ0) is 18.8. The maximum atomic E-state index is 12.7. The van der Waals surface area contributed by atoms with Crippen LogP contribution in [0, 0.1) is 6.92 Å². The fraction of sp³-hybridized carbons (Fsp3) is 0.529. The second-order valence-corrected chi connectivity index (χ2v) is 6.89. The molecular weight excluding hydrogens is 348 g/mol. The average molecular weight is 370 g/mol. The number of likely N-dealkylation sites (tertiary alicyclic amines) is 1. The first-order valence-electron chi connectivity index (χ1n) is 9.03. The molecule has 0 radical (unpaired) electrons. The van der Waals surface area contributed by atoms with Gasteiger partial charge in [-0.3, -0.25) is 9.48 Å². The van der Waals surface area contributed by atoms with Crippen LogP contribution in [0.1, 0.15) is 41.8 Å². The van der Waals surface area contributed by atoms with Gasteiger partial charge in [0.05, 0.1) is 6.42 Å². The van der Waals surface area contributed by atoms with Gasteiger partial charge in [-0.25, -0.2) is 4.63 Å². The lowest BCUT2D eigenvalue weighted by molar-refractivity contribution is -0.131. The van der Waals surface area contributed by atoms with Gasteiger partial charge in [0.15, 0.2) is 5.82 Å². The Balaban J connectivity index is 1.44. The van der Waals surface area contributed by atoms with Crippen LogP contribution in [0.15, 0.2) is 23.1 Å². The van der Waals surface area contributed by atoms with Gasteiger partial charge in [0.1, 0.15) is 23.8 Å². The number of carbonyl (C=O) groups excluding carboxylic acids is 1. The molecule has 0 spiro atoms. The van der Waals surface area contributed by atoms with E-state index in [1.807, 2.05) is 33.5 Å². The molecule has 0 unspecified atom stereocenters. The minimum absolute atomic E-state index is 0.0393. The Kier molecular flexibility index (Phi) is 4.69. The summed E-state index contributed by atoms with van der Waals surface area (Å²) < 4.78 is 8.52. The third-order valence-corrected chi connectivity index (χ3v) is 5.07. The van der Waals surface area contributed by atoms with E-state index in [-0.39, 0.29) is 18.2 Å². The van der Waals surface area contributed by atoms with E-state index < -0.39 is 0 Å². The standard InChI is InChI=1S/C17H22N8O2/c1-12-14(22-27-21-12)9-16(26)24-7-3-5-13(10-24)17-20-19-15(23(17)2)11-25-8-4-6-18-25/h4,6,8,13H,3,5,7,9-11H2,1-2H3/t13-/m0/s1. The molecule has 1 aliphatic heterocycles. The van der Waals surface area contributed by atoms with Crippen LogP contribution in [-0.4, -0.2) is 58.8 Å². The highest BCUT2D eigenvalue weighted by Gasteiger charge is 2.29. The van der Waals surface area contributed by atoms with Gasteiger partial charge in [-0.15, -0.1) is 10.2 Å². The van der Waals surface area contributed by atoms with E-state index >= 15 is 0 Å². The molecule has 27 heavy (non-hydrogen) atoms. The SMILES string of the molecule is Cc1nonc1CC(=O)N1CCC[C@H](c2nnc(Cn3cccn3)n2C)C1. The molecule has 3 aromatic rings. The van der Waals surface area contributed by atoms with Gasteiger partial charge < -0.3 is 9.47 Å². The minimum atomic E-state index is 0.0393. The molecule has 1 aliphatic rings. The monoisotopic (exact) mass is 370 g/mol. The summed E-state index contributed by atoms with van der Waals surface area (Å²) in [5, 5.41) is 20.5. The van der Waals surface area contributed by atoms with E-state index in [9.17, 15) is 4.79 Å². The summed E-state index contributed by atoms with van der Waals surface area (Å²) in [5.74, 6) is 1.97. The smallest absolute Gasteiger partial charge is 0.228 e. The number of hydrogen-bond donors (Lipinski definition) is 0. The van der Waals surface area contributed by atoms with Gasteiger partial charge >= 0.3 is 0 Å². The van der Waals surface area contributed by atoms with Crippen molar-refractivity contribution in [3.63, 3.8) is 0 Å². The van der Waals surface area contributed by atoms with Crippen LogP contribution in [0.25, 0.3) is 0 Å². The molecule has 1 amide bonds. The molecule has 10 nitrogen and oxygen atoms in total.